The minimum absolute atomic E-state index is 0.00330. The van der Waals surface area contributed by atoms with Crippen molar-refractivity contribution in [1.82, 2.24) is 45.0 Å². The van der Waals surface area contributed by atoms with Gasteiger partial charge in [-0.15, -0.1) is 11.3 Å². The van der Waals surface area contributed by atoms with Crippen LogP contribution in [0.2, 0.25) is 0 Å². The topological polar surface area (TPSA) is 175 Å². The molecule has 28 heteroatoms. The monoisotopic (exact) mass is 1200 g/mol. The first kappa shape index (κ1) is 62.3. The first-order valence-electron chi connectivity index (χ1n) is 26.9. The molecule has 4 aliphatic heterocycles. The highest BCUT2D eigenvalue weighted by molar-refractivity contribution is 7.10. The Kier molecular flexibility index (Phi) is 18.6. The van der Waals surface area contributed by atoms with Crippen molar-refractivity contribution >= 4 is 69.1 Å². The predicted molar refractivity (Wildman–Crippen MR) is 286 cm³/mol. The van der Waals surface area contributed by atoms with Crippen molar-refractivity contribution in [3.63, 3.8) is 0 Å². The molecule has 3 aromatic heterocycles. The fraction of sp³-hybridized carbons (Fsp3) is 0.611. The zero-order valence-corrected chi connectivity index (χ0v) is 47.9. The number of hydrogen-bond acceptors (Lipinski definition) is 13. The Morgan fingerprint density at radius 1 is 0.976 bits per heavy atom. The van der Waals surface area contributed by atoms with Gasteiger partial charge in [-0.3, -0.25) is 38.9 Å². The first-order valence-corrected chi connectivity index (χ1v) is 28.2. The maximum absolute atomic E-state index is 17.0. The van der Waals surface area contributed by atoms with Gasteiger partial charge in [0.1, 0.15) is 30.5 Å². The number of likely N-dealkylation sites (N-methyl/N-ethyl adjacent to an activating group) is 1. The summed E-state index contributed by atoms with van der Waals surface area (Å²) in [5.41, 5.74) is -2.25. The lowest BCUT2D eigenvalue weighted by molar-refractivity contribution is -0.156. The molecule has 4 aromatic rings. The molecular weight excluding hydrogens is 1140 g/mol. The highest BCUT2D eigenvalue weighted by Crippen LogP contribution is 2.45. The quantitative estimate of drug-likeness (QED) is 0.0799. The van der Waals surface area contributed by atoms with Crippen LogP contribution in [0.4, 0.5) is 45.2 Å². The highest BCUT2D eigenvalue weighted by Gasteiger charge is 2.48. The average Bonchev–Trinajstić information content (AvgIpc) is 4.02. The summed E-state index contributed by atoms with van der Waals surface area (Å²) in [4.78, 5) is 83.8. The van der Waals surface area contributed by atoms with Gasteiger partial charge >= 0.3 is 18.3 Å². The molecule has 0 aliphatic carbocycles. The lowest BCUT2D eigenvalue weighted by atomic mass is 9.84. The van der Waals surface area contributed by atoms with Crippen LogP contribution >= 0.6 is 22.9 Å². The number of methoxy groups -OCH3 is 1. The van der Waals surface area contributed by atoms with E-state index in [-0.39, 0.29) is 128 Å². The van der Waals surface area contributed by atoms with Gasteiger partial charge in [-0.05, 0) is 55.9 Å². The number of rotatable bonds is 12. The second-order valence-electron chi connectivity index (χ2n) is 22.6. The standard InChI is InChI=1S/C54H66ClF9N10O7S/c1-29(2)43(69(6)50(79)52(58)10-13-72(14-11-52)48(77)45(55)57)46(75)67-38-22-41-66-39(25-82-41)33-20-32-35(23-51(4,5)28-81-49(78)37-9-8-12-74(68-37)47(38)76)44(73(27-54(62,63)64)40(32)21-36(33)56)34-19-31(24-65-42(34)30(3)80-7)71-17-15-70(16-18-71)26-53(59,60)61/h19-21,24-25,29-30,37-38,43,45,68H,8-18,22-23,26-28H2,1-7H3,(H,67,75)/t30-,37-,38-,43-,45-/m0/s1. The molecule has 4 amide bonds. The number of pyridine rings is 1. The number of piperazine rings is 1. The number of fused-ring (bicyclic) bond motifs is 6. The van der Waals surface area contributed by atoms with Crippen molar-refractivity contribution in [3.8, 4) is 22.5 Å². The molecule has 0 radical (unpaired) electrons. The van der Waals surface area contributed by atoms with Gasteiger partial charge < -0.3 is 34.1 Å². The molecule has 5 atom stereocenters. The van der Waals surface area contributed by atoms with Crippen LogP contribution < -0.4 is 15.6 Å². The van der Waals surface area contributed by atoms with E-state index in [1.807, 2.05) is 0 Å². The van der Waals surface area contributed by atoms with Crippen LogP contribution in [0.3, 0.4) is 0 Å². The van der Waals surface area contributed by atoms with Crippen molar-refractivity contribution in [3.05, 3.63) is 51.9 Å². The molecule has 450 valence electrons. The molecule has 7 heterocycles. The summed E-state index contributed by atoms with van der Waals surface area (Å²) in [5, 5.41) is 5.74. The van der Waals surface area contributed by atoms with E-state index in [9.17, 15) is 41.5 Å². The number of carbonyl (C=O) groups excluding carboxylic acids is 5. The van der Waals surface area contributed by atoms with Crippen molar-refractivity contribution < 1.29 is 73.0 Å². The second kappa shape index (κ2) is 24.4. The van der Waals surface area contributed by atoms with E-state index in [0.29, 0.717) is 5.69 Å². The van der Waals surface area contributed by atoms with Gasteiger partial charge in [-0.25, -0.2) is 23.6 Å². The zero-order chi connectivity index (χ0) is 60.0. The van der Waals surface area contributed by atoms with E-state index in [2.05, 4.69) is 10.7 Å². The Bertz CT molecular complexity index is 3030. The third-order valence-corrected chi connectivity index (χ3v) is 16.6. The van der Waals surface area contributed by atoms with Crippen LogP contribution in [-0.2, 0) is 52.8 Å². The second-order valence-corrected chi connectivity index (χ2v) is 23.9. The number of benzene rings is 1. The number of alkyl halides is 9. The number of cyclic esters (lactones) is 1. The molecule has 3 fully saturated rings. The van der Waals surface area contributed by atoms with Gasteiger partial charge in [0.2, 0.25) is 5.91 Å². The van der Waals surface area contributed by atoms with Gasteiger partial charge in [0.05, 0.1) is 58.7 Å². The minimum atomic E-state index is -4.88. The summed E-state index contributed by atoms with van der Waals surface area (Å²) in [7, 11) is 2.62. The van der Waals surface area contributed by atoms with Gasteiger partial charge in [0.25, 0.3) is 23.4 Å². The number of halogens is 10. The Labute approximate surface area is 476 Å². The van der Waals surface area contributed by atoms with Gasteiger partial charge in [0, 0.05) is 107 Å². The molecular formula is C54H66ClF9N10O7S. The van der Waals surface area contributed by atoms with Gasteiger partial charge in [0.15, 0.2) is 5.67 Å². The summed E-state index contributed by atoms with van der Waals surface area (Å²) in [5.74, 6) is -6.18. The van der Waals surface area contributed by atoms with Gasteiger partial charge in [-0.2, -0.15) is 26.3 Å². The molecule has 1 aromatic carbocycles. The maximum atomic E-state index is 17.0. The van der Waals surface area contributed by atoms with Crippen molar-refractivity contribution in [2.75, 3.05) is 78.0 Å². The number of ether oxygens (including phenoxy) is 2. The van der Waals surface area contributed by atoms with E-state index in [0.717, 1.165) is 36.8 Å². The van der Waals surface area contributed by atoms with Crippen LogP contribution in [0.1, 0.15) is 82.7 Å². The number of nitrogens with one attached hydrogen (secondary N) is 2. The summed E-state index contributed by atoms with van der Waals surface area (Å²) < 4.78 is 145. The molecule has 8 rings (SSSR count). The lowest BCUT2D eigenvalue weighted by Crippen LogP contribution is -2.63. The molecule has 3 saturated heterocycles. The van der Waals surface area contributed by atoms with Crippen LogP contribution in [0.5, 0.6) is 0 Å². The highest BCUT2D eigenvalue weighted by atomic mass is 35.5. The third-order valence-electron chi connectivity index (χ3n) is 15.5. The predicted octanol–water partition coefficient (Wildman–Crippen LogP) is 7.92. The van der Waals surface area contributed by atoms with Crippen LogP contribution in [0, 0.1) is 17.2 Å². The first-order chi connectivity index (χ1) is 38.4. The molecule has 0 unspecified atom stereocenters. The lowest BCUT2D eigenvalue weighted by Gasteiger charge is -2.40. The molecule has 17 nitrogen and oxygen atoms in total. The Morgan fingerprint density at radius 3 is 2.27 bits per heavy atom. The molecule has 4 aliphatic rings. The van der Waals surface area contributed by atoms with Crippen molar-refractivity contribution in [1.29, 1.82) is 0 Å². The number of aromatic nitrogens is 3. The fourth-order valence-electron chi connectivity index (χ4n) is 11.3. The van der Waals surface area contributed by atoms with Crippen molar-refractivity contribution in [2.45, 2.75) is 128 Å². The normalized spacial score (nSPS) is 21.5. The fourth-order valence-corrected chi connectivity index (χ4v) is 12.3. The third kappa shape index (κ3) is 13.9. The number of hydrazine groups is 1. The van der Waals surface area contributed by atoms with Crippen LogP contribution in [-0.4, -0.2) is 179 Å². The molecule has 2 N–H and O–H groups in total. The number of anilines is 1. The summed E-state index contributed by atoms with van der Waals surface area (Å²) in [6.07, 6.45) is -9.59. The van der Waals surface area contributed by atoms with E-state index in [1.165, 1.54) is 36.7 Å². The smallest absolute Gasteiger partial charge is 0.406 e. The Morgan fingerprint density at radius 2 is 1.65 bits per heavy atom. The zero-order valence-electron chi connectivity index (χ0n) is 46.3. The van der Waals surface area contributed by atoms with E-state index < -0.39 is 121 Å². The van der Waals surface area contributed by atoms with Crippen LogP contribution in [0.15, 0.2) is 29.8 Å². The van der Waals surface area contributed by atoms with Gasteiger partial charge in [-0.1, -0.05) is 39.3 Å². The molecule has 6 bridgehead atoms. The number of carbonyl (C=O) groups is 5. The number of likely N-dealkylation sites (tertiary alicyclic amines) is 1. The summed E-state index contributed by atoms with van der Waals surface area (Å²) >= 11 is 6.31. The van der Waals surface area contributed by atoms with Crippen LogP contribution in [0.25, 0.3) is 33.4 Å². The van der Waals surface area contributed by atoms with E-state index in [1.54, 1.807) is 45.6 Å². The Balaban J connectivity index is 1.21. The minimum Gasteiger partial charge on any atom is -0.464 e. The van der Waals surface area contributed by atoms with Crippen molar-refractivity contribution in [2.24, 2.45) is 11.3 Å². The van der Waals surface area contributed by atoms with E-state index in [4.69, 9.17) is 31.0 Å². The number of esters is 1. The van der Waals surface area contributed by atoms with E-state index >= 15 is 22.0 Å². The number of thiazole rings is 1. The molecule has 0 spiro atoms. The number of nitrogens with zero attached hydrogens (tertiary/aromatic N) is 8. The largest absolute Gasteiger partial charge is 0.464 e. The number of hydrogen-bond donors (Lipinski definition) is 2. The SMILES string of the molecule is CO[C@@H](C)c1ncc(N2CCN(CC(F)(F)F)CC2)cc1-c1c2c3cc(c(F)cc3n1CC(F)(F)F)-c1csc(n1)C[C@H](NC(=O)[C@H](C(C)C)N(C)C(=O)C1(F)CCN(C(=O)[C@H](F)Cl)CC1)C(=O)N1CCC[C@H](N1)C(=O)OCC(C)(C)C2. The summed E-state index contributed by atoms with van der Waals surface area (Å²) in [6, 6.07) is 0.0180. The molecule has 82 heavy (non-hydrogen) atoms. The Hall–Kier alpha value is -5.77. The maximum Gasteiger partial charge on any atom is 0.406 e. The molecule has 0 saturated carbocycles. The summed E-state index contributed by atoms with van der Waals surface area (Å²) in [6.45, 7) is 5.04. The number of amides is 4. The average molecular weight is 1210 g/mol. The number of piperidine rings is 1.